The number of H-pyrrole nitrogens is 1. The summed E-state index contributed by atoms with van der Waals surface area (Å²) in [6.07, 6.45) is 1.61. The molecule has 7 nitrogen and oxygen atoms in total. The summed E-state index contributed by atoms with van der Waals surface area (Å²) in [6.45, 7) is 2.39. The van der Waals surface area contributed by atoms with Crippen molar-refractivity contribution in [3.05, 3.63) is 45.3 Å². The van der Waals surface area contributed by atoms with Gasteiger partial charge >= 0.3 is 0 Å². The molecule has 2 heterocycles. The molecule has 0 aromatic carbocycles. The summed E-state index contributed by atoms with van der Waals surface area (Å²) < 4.78 is 0. The molecule has 0 unspecified atom stereocenters. The van der Waals surface area contributed by atoms with E-state index in [1.165, 1.54) is 23.6 Å². The fourth-order valence-corrected chi connectivity index (χ4v) is 2.34. The zero-order valence-corrected chi connectivity index (χ0v) is 12.1. The highest BCUT2D eigenvalue weighted by molar-refractivity contribution is 7.14. The van der Waals surface area contributed by atoms with Crippen LogP contribution in [0.3, 0.4) is 0 Å². The number of carbonyl (C=O) groups excluding carboxylic acids is 2. The second-order valence-corrected chi connectivity index (χ2v) is 5.00. The molecule has 0 aliphatic heterocycles. The summed E-state index contributed by atoms with van der Waals surface area (Å²) in [5, 5.41) is 7.26. The maximum absolute atomic E-state index is 11.9. The monoisotopic (exact) mass is 306 g/mol. The van der Waals surface area contributed by atoms with E-state index in [1.54, 1.807) is 11.4 Å². The Morgan fingerprint density at radius 2 is 2.24 bits per heavy atom. The van der Waals surface area contributed by atoms with Crippen LogP contribution in [0.2, 0.25) is 0 Å². The Kier molecular flexibility index (Phi) is 4.83. The van der Waals surface area contributed by atoms with Gasteiger partial charge in [0.1, 0.15) is 5.56 Å². The number of amides is 2. The molecule has 110 valence electrons. The Hall–Kier alpha value is -2.48. The van der Waals surface area contributed by atoms with Gasteiger partial charge in [-0.2, -0.15) is 0 Å². The van der Waals surface area contributed by atoms with Gasteiger partial charge in [-0.1, -0.05) is 0 Å². The van der Waals surface area contributed by atoms with E-state index in [0.717, 1.165) is 0 Å². The molecule has 2 amide bonds. The number of hydrogen-bond donors (Lipinski definition) is 3. The smallest absolute Gasteiger partial charge is 0.263 e. The fraction of sp³-hybridized carbons (Fsp3) is 0.231. The van der Waals surface area contributed by atoms with Crippen LogP contribution in [0, 0.1) is 0 Å². The standard InChI is InChI=1S/C13H14N4O3S/c1-2-14-10(18)6-8-7-21-13(16-8)17-12(20)9-4-3-5-15-11(9)19/h3-5,7H,2,6H2,1H3,(H,14,18)(H,15,19)(H,16,17,20). The average Bonchev–Trinajstić information content (AvgIpc) is 2.86. The van der Waals surface area contributed by atoms with Crippen molar-refractivity contribution in [2.75, 3.05) is 11.9 Å². The third-order valence-electron chi connectivity index (χ3n) is 2.55. The molecule has 2 aromatic heterocycles. The van der Waals surface area contributed by atoms with Crippen molar-refractivity contribution in [2.45, 2.75) is 13.3 Å². The number of nitrogens with zero attached hydrogens (tertiary/aromatic N) is 1. The van der Waals surface area contributed by atoms with E-state index in [1.807, 2.05) is 6.92 Å². The Morgan fingerprint density at radius 3 is 2.95 bits per heavy atom. The van der Waals surface area contributed by atoms with Gasteiger partial charge in [0, 0.05) is 18.1 Å². The van der Waals surface area contributed by atoms with Crippen molar-refractivity contribution in [1.82, 2.24) is 15.3 Å². The molecule has 21 heavy (non-hydrogen) atoms. The van der Waals surface area contributed by atoms with Crippen LogP contribution >= 0.6 is 11.3 Å². The first-order chi connectivity index (χ1) is 10.1. The van der Waals surface area contributed by atoms with Crippen LogP contribution in [0.5, 0.6) is 0 Å². The van der Waals surface area contributed by atoms with Crippen LogP contribution in [0.1, 0.15) is 23.0 Å². The van der Waals surface area contributed by atoms with Crippen LogP contribution in [0.4, 0.5) is 5.13 Å². The Bertz CT molecular complexity index is 707. The minimum absolute atomic E-state index is 0.0120. The predicted octanol–water partition coefficient (Wildman–Crippen LogP) is 0.762. The fourth-order valence-electron chi connectivity index (χ4n) is 1.63. The topological polar surface area (TPSA) is 104 Å². The molecule has 0 saturated heterocycles. The van der Waals surface area contributed by atoms with Gasteiger partial charge < -0.3 is 10.3 Å². The maximum atomic E-state index is 11.9. The number of thiazole rings is 1. The van der Waals surface area contributed by atoms with Crippen LogP contribution in [-0.2, 0) is 11.2 Å². The van der Waals surface area contributed by atoms with Crippen molar-refractivity contribution in [2.24, 2.45) is 0 Å². The number of hydrogen-bond acceptors (Lipinski definition) is 5. The maximum Gasteiger partial charge on any atom is 0.263 e. The first kappa shape index (κ1) is 14.9. The number of likely N-dealkylation sites (N-methyl/N-ethyl adjacent to an activating group) is 1. The summed E-state index contributed by atoms with van der Waals surface area (Å²) in [4.78, 5) is 41.4. The van der Waals surface area contributed by atoms with Gasteiger partial charge in [0.2, 0.25) is 5.91 Å². The Balaban J connectivity index is 2.03. The lowest BCUT2D eigenvalue weighted by molar-refractivity contribution is -0.120. The van der Waals surface area contributed by atoms with Crippen molar-refractivity contribution >= 4 is 28.3 Å². The van der Waals surface area contributed by atoms with Gasteiger partial charge in [-0.25, -0.2) is 4.98 Å². The van der Waals surface area contributed by atoms with Gasteiger partial charge in [-0.05, 0) is 19.1 Å². The van der Waals surface area contributed by atoms with E-state index in [4.69, 9.17) is 0 Å². The van der Waals surface area contributed by atoms with Gasteiger partial charge in [0.05, 0.1) is 12.1 Å². The molecule has 0 spiro atoms. The lowest BCUT2D eigenvalue weighted by Gasteiger charge is -2.00. The zero-order valence-electron chi connectivity index (χ0n) is 11.3. The van der Waals surface area contributed by atoms with Crippen LogP contribution in [-0.4, -0.2) is 28.3 Å². The second kappa shape index (κ2) is 6.80. The summed E-state index contributed by atoms with van der Waals surface area (Å²) in [6, 6.07) is 3.00. The SMILES string of the molecule is CCNC(=O)Cc1csc(NC(=O)c2ccc[nH]c2=O)n1. The molecule has 0 radical (unpaired) electrons. The summed E-state index contributed by atoms with van der Waals surface area (Å²) in [5.74, 6) is -0.657. The summed E-state index contributed by atoms with van der Waals surface area (Å²) in [5.41, 5.74) is 0.121. The highest BCUT2D eigenvalue weighted by Gasteiger charge is 2.13. The molecule has 2 rings (SSSR count). The van der Waals surface area contributed by atoms with E-state index < -0.39 is 11.5 Å². The van der Waals surface area contributed by atoms with Crippen molar-refractivity contribution in [3.8, 4) is 0 Å². The molecule has 3 N–H and O–H groups in total. The van der Waals surface area contributed by atoms with Crippen molar-refractivity contribution in [1.29, 1.82) is 0 Å². The van der Waals surface area contributed by atoms with Gasteiger partial charge in [-0.15, -0.1) is 11.3 Å². The summed E-state index contributed by atoms with van der Waals surface area (Å²) >= 11 is 1.20. The molecule has 0 bridgehead atoms. The lowest BCUT2D eigenvalue weighted by Crippen LogP contribution is -2.24. The molecule has 0 saturated carbocycles. The quantitative estimate of drug-likeness (QED) is 0.758. The van der Waals surface area contributed by atoms with Crippen molar-refractivity contribution < 1.29 is 9.59 Å². The first-order valence-corrected chi connectivity index (χ1v) is 7.18. The largest absolute Gasteiger partial charge is 0.356 e. The number of carbonyl (C=O) groups is 2. The molecule has 0 fully saturated rings. The van der Waals surface area contributed by atoms with Crippen LogP contribution < -0.4 is 16.2 Å². The zero-order chi connectivity index (χ0) is 15.2. The van der Waals surface area contributed by atoms with Crippen LogP contribution in [0.15, 0.2) is 28.5 Å². The molecular formula is C13H14N4O3S. The predicted molar refractivity (Wildman–Crippen MR) is 79.5 cm³/mol. The Labute approximate surface area is 124 Å². The number of rotatable bonds is 5. The van der Waals surface area contributed by atoms with Gasteiger partial charge in [0.15, 0.2) is 5.13 Å². The number of aromatic amines is 1. The molecule has 0 aliphatic carbocycles. The van der Waals surface area contributed by atoms with E-state index >= 15 is 0 Å². The molecular weight excluding hydrogens is 292 g/mol. The third kappa shape index (κ3) is 3.99. The Morgan fingerprint density at radius 1 is 1.43 bits per heavy atom. The number of pyridine rings is 1. The number of anilines is 1. The first-order valence-electron chi connectivity index (χ1n) is 6.30. The molecule has 0 aliphatic rings. The molecule has 0 atom stereocenters. The molecule has 8 heteroatoms. The highest BCUT2D eigenvalue weighted by Crippen LogP contribution is 2.16. The van der Waals surface area contributed by atoms with E-state index in [2.05, 4.69) is 20.6 Å². The summed E-state index contributed by atoms with van der Waals surface area (Å²) in [7, 11) is 0. The second-order valence-electron chi connectivity index (χ2n) is 4.14. The highest BCUT2D eigenvalue weighted by atomic mass is 32.1. The van der Waals surface area contributed by atoms with Crippen LogP contribution in [0.25, 0.3) is 0 Å². The van der Waals surface area contributed by atoms with Gasteiger partial charge in [-0.3, -0.25) is 19.7 Å². The van der Waals surface area contributed by atoms with Gasteiger partial charge in [0.25, 0.3) is 11.5 Å². The van der Waals surface area contributed by atoms with Crippen molar-refractivity contribution in [3.63, 3.8) is 0 Å². The minimum atomic E-state index is -0.532. The average molecular weight is 306 g/mol. The van der Waals surface area contributed by atoms with E-state index in [9.17, 15) is 14.4 Å². The van der Waals surface area contributed by atoms with E-state index in [-0.39, 0.29) is 17.9 Å². The van der Waals surface area contributed by atoms with E-state index in [0.29, 0.717) is 17.4 Å². The number of nitrogens with one attached hydrogen (secondary N) is 3. The third-order valence-corrected chi connectivity index (χ3v) is 3.36. The molecule has 2 aromatic rings. The number of aromatic nitrogens is 2. The lowest BCUT2D eigenvalue weighted by atomic mass is 10.2. The minimum Gasteiger partial charge on any atom is -0.356 e. The normalized spacial score (nSPS) is 10.1.